The van der Waals surface area contributed by atoms with Gasteiger partial charge < -0.3 is 9.47 Å². The summed E-state index contributed by atoms with van der Waals surface area (Å²) >= 11 is 11.0. The van der Waals surface area contributed by atoms with Crippen molar-refractivity contribution >= 4 is 29.4 Å². The third-order valence-corrected chi connectivity index (χ3v) is 1.78. The Labute approximate surface area is 81.9 Å². The van der Waals surface area contributed by atoms with Crippen molar-refractivity contribution < 1.29 is 14.3 Å². The zero-order valence-corrected chi connectivity index (χ0v) is 8.40. The SMILES string of the molecule is CCCOC(=O)OCC(Cl)CCl. The molecule has 0 aromatic rings. The number of hydrogen-bond acceptors (Lipinski definition) is 3. The number of ether oxygens (including phenoxy) is 2. The molecule has 0 radical (unpaired) electrons. The lowest BCUT2D eigenvalue weighted by Crippen LogP contribution is -2.16. The van der Waals surface area contributed by atoms with E-state index < -0.39 is 6.16 Å². The molecule has 0 aromatic carbocycles. The molecule has 0 N–H and O–H groups in total. The van der Waals surface area contributed by atoms with Crippen molar-refractivity contribution in [2.24, 2.45) is 0 Å². The van der Waals surface area contributed by atoms with Crippen LogP contribution in [0.15, 0.2) is 0 Å². The fourth-order valence-corrected chi connectivity index (χ4v) is 0.582. The van der Waals surface area contributed by atoms with Gasteiger partial charge in [0.25, 0.3) is 0 Å². The van der Waals surface area contributed by atoms with E-state index >= 15 is 0 Å². The van der Waals surface area contributed by atoms with E-state index in [4.69, 9.17) is 23.2 Å². The van der Waals surface area contributed by atoms with E-state index in [0.717, 1.165) is 6.42 Å². The third-order valence-electron chi connectivity index (χ3n) is 0.973. The van der Waals surface area contributed by atoms with E-state index in [9.17, 15) is 4.79 Å². The van der Waals surface area contributed by atoms with Gasteiger partial charge in [-0.3, -0.25) is 0 Å². The van der Waals surface area contributed by atoms with E-state index in [1.54, 1.807) is 0 Å². The molecule has 0 heterocycles. The standard InChI is InChI=1S/C7H12Cl2O3/c1-2-3-11-7(10)12-5-6(9)4-8/h6H,2-5H2,1H3. The van der Waals surface area contributed by atoms with Gasteiger partial charge in [0.05, 0.1) is 12.0 Å². The number of hydrogen-bond donors (Lipinski definition) is 0. The Morgan fingerprint density at radius 1 is 1.50 bits per heavy atom. The van der Waals surface area contributed by atoms with Crippen molar-refractivity contribution in [2.45, 2.75) is 18.7 Å². The zero-order valence-electron chi connectivity index (χ0n) is 6.89. The fraction of sp³-hybridized carbons (Fsp3) is 0.857. The van der Waals surface area contributed by atoms with Crippen molar-refractivity contribution in [1.29, 1.82) is 0 Å². The summed E-state index contributed by atoms with van der Waals surface area (Å²) in [5, 5.41) is -0.346. The highest BCUT2D eigenvalue weighted by molar-refractivity contribution is 6.28. The Hall–Kier alpha value is -0.150. The molecule has 0 spiro atoms. The Balaban J connectivity index is 3.31. The van der Waals surface area contributed by atoms with Crippen LogP contribution in [0.2, 0.25) is 0 Å². The lowest BCUT2D eigenvalue weighted by Gasteiger charge is -2.06. The predicted molar refractivity (Wildman–Crippen MR) is 48.0 cm³/mol. The van der Waals surface area contributed by atoms with Crippen LogP contribution in [0.25, 0.3) is 0 Å². The van der Waals surface area contributed by atoms with Gasteiger partial charge in [-0.15, -0.1) is 23.2 Å². The Morgan fingerprint density at radius 2 is 2.17 bits per heavy atom. The van der Waals surface area contributed by atoms with Gasteiger partial charge in [0.15, 0.2) is 0 Å². The molecule has 0 fully saturated rings. The van der Waals surface area contributed by atoms with Gasteiger partial charge in [0.1, 0.15) is 6.61 Å². The first-order valence-electron chi connectivity index (χ1n) is 3.70. The molecule has 0 amide bonds. The molecule has 0 aliphatic carbocycles. The van der Waals surface area contributed by atoms with Crippen LogP contribution in [0.5, 0.6) is 0 Å². The first kappa shape index (κ1) is 11.8. The first-order chi connectivity index (χ1) is 5.70. The van der Waals surface area contributed by atoms with Crippen molar-refractivity contribution in [3.63, 3.8) is 0 Å². The average molecular weight is 215 g/mol. The molecule has 0 aromatic heterocycles. The number of carbonyl (C=O) groups is 1. The second-order valence-corrected chi connectivity index (χ2v) is 3.09. The molecule has 1 atom stereocenters. The summed E-state index contributed by atoms with van der Waals surface area (Å²) in [6, 6.07) is 0. The van der Waals surface area contributed by atoms with Crippen molar-refractivity contribution in [3.8, 4) is 0 Å². The van der Waals surface area contributed by atoms with Crippen LogP contribution in [-0.4, -0.2) is 30.6 Å². The third kappa shape index (κ3) is 6.55. The molecular weight excluding hydrogens is 203 g/mol. The minimum Gasteiger partial charge on any atom is -0.434 e. The molecule has 72 valence electrons. The van der Waals surface area contributed by atoms with Gasteiger partial charge in [-0.05, 0) is 6.42 Å². The minimum atomic E-state index is -0.687. The predicted octanol–water partition coefficient (Wildman–Crippen LogP) is 2.40. The normalized spacial score (nSPS) is 12.2. The molecule has 0 bridgehead atoms. The fourth-order valence-electron chi connectivity index (χ4n) is 0.430. The summed E-state index contributed by atoms with van der Waals surface area (Å²) in [5.41, 5.74) is 0. The molecule has 0 aliphatic rings. The molecule has 12 heavy (non-hydrogen) atoms. The summed E-state index contributed by atoms with van der Waals surface area (Å²) in [4.78, 5) is 10.7. The van der Waals surface area contributed by atoms with Crippen molar-refractivity contribution in [2.75, 3.05) is 19.1 Å². The van der Waals surface area contributed by atoms with Crippen molar-refractivity contribution in [1.82, 2.24) is 0 Å². The van der Waals surface area contributed by atoms with Crippen LogP contribution in [0.3, 0.4) is 0 Å². The van der Waals surface area contributed by atoms with E-state index in [0.29, 0.717) is 6.61 Å². The largest absolute Gasteiger partial charge is 0.508 e. The molecule has 0 saturated carbocycles. The van der Waals surface area contributed by atoms with Gasteiger partial charge in [-0.1, -0.05) is 6.92 Å². The quantitative estimate of drug-likeness (QED) is 0.521. The van der Waals surface area contributed by atoms with Crippen LogP contribution in [0.1, 0.15) is 13.3 Å². The Morgan fingerprint density at radius 3 is 2.67 bits per heavy atom. The summed E-state index contributed by atoms with van der Waals surface area (Å²) in [6.45, 7) is 2.36. The zero-order chi connectivity index (χ0) is 9.40. The number of alkyl halides is 2. The monoisotopic (exact) mass is 214 g/mol. The second-order valence-electron chi connectivity index (χ2n) is 2.16. The van der Waals surface area contributed by atoms with Crippen LogP contribution in [0.4, 0.5) is 4.79 Å². The first-order valence-corrected chi connectivity index (χ1v) is 4.67. The highest BCUT2D eigenvalue weighted by Gasteiger charge is 2.07. The van der Waals surface area contributed by atoms with E-state index in [1.807, 2.05) is 6.92 Å². The van der Waals surface area contributed by atoms with E-state index in [1.165, 1.54) is 0 Å². The van der Waals surface area contributed by atoms with Gasteiger partial charge in [-0.25, -0.2) is 4.79 Å². The Bertz CT molecular complexity index is 130. The summed E-state index contributed by atoms with van der Waals surface area (Å²) in [6.07, 6.45) is 0.0853. The lowest BCUT2D eigenvalue weighted by atomic mass is 10.5. The van der Waals surface area contributed by atoms with Gasteiger partial charge >= 0.3 is 6.16 Å². The van der Waals surface area contributed by atoms with Crippen LogP contribution in [-0.2, 0) is 9.47 Å². The molecule has 0 aliphatic heterocycles. The maximum atomic E-state index is 10.7. The summed E-state index contributed by atoms with van der Waals surface area (Å²) in [7, 11) is 0. The summed E-state index contributed by atoms with van der Waals surface area (Å²) in [5.74, 6) is 0.253. The maximum Gasteiger partial charge on any atom is 0.508 e. The van der Waals surface area contributed by atoms with Gasteiger partial charge in [0.2, 0.25) is 0 Å². The van der Waals surface area contributed by atoms with E-state index in [2.05, 4.69) is 9.47 Å². The molecule has 1 unspecified atom stereocenters. The average Bonchev–Trinajstić information content (AvgIpc) is 2.10. The minimum absolute atomic E-state index is 0.0909. The van der Waals surface area contributed by atoms with Crippen LogP contribution >= 0.6 is 23.2 Å². The molecule has 0 rings (SSSR count). The molecule has 3 nitrogen and oxygen atoms in total. The lowest BCUT2D eigenvalue weighted by molar-refractivity contribution is 0.0562. The van der Waals surface area contributed by atoms with Crippen LogP contribution < -0.4 is 0 Å². The van der Waals surface area contributed by atoms with Crippen molar-refractivity contribution in [3.05, 3.63) is 0 Å². The second kappa shape index (κ2) is 7.50. The van der Waals surface area contributed by atoms with Crippen LogP contribution in [0, 0.1) is 0 Å². The summed E-state index contributed by atoms with van der Waals surface area (Å²) < 4.78 is 9.24. The van der Waals surface area contributed by atoms with E-state index in [-0.39, 0.29) is 17.9 Å². The number of halogens is 2. The number of rotatable bonds is 5. The number of carbonyl (C=O) groups excluding carboxylic acids is 1. The smallest absolute Gasteiger partial charge is 0.434 e. The van der Waals surface area contributed by atoms with Gasteiger partial charge in [0, 0.05) is 5.88 Å². The molecule has 0 saturated heterocycles. The maximum absolute atomic E-state index is 10.7. The Kier molecular flexibility index (Phi) is 7.40. The van der Waals surface area contributed by atoms with Gasteiger partial charge in [-0.2, -0.15) is 0 Å². The molecular formula is C7H12Cl2O3. The highest BCUT2D eigenvalue weighted by atomic mass is 35.5. The molecule has 5 heteroatoms. The highest BCUT2D eigenvalue weighted by Crippen LogP contribution is 2.00. The topological polar surface area (TPSA) is 35.5 Å².